The molecule has 0 saturated carbocycles. The molecule has 8 nitrogen and oxygen atoms in total. The van der Waals surface area contributed by atoms with Crippen LogP contribution in [0.2, 0.25) is 0 Å². The fourth-order valence-corrected chi connectivity index (χ4v) is 4.80. The van der Waals surface area contributed by atoms with Gasteiger partial charge in [-0.3, -0.25) is 10.1 Å². The summed E-state index contributed by atoms with van der Waals surface area (Å²) in [5.41, 5.74) is 2.10. The Labute approximate surface area is 173 Å². The molecule has 0 aliphatic carbocycles. The average molecular weight is 433 g/mol. The summed E-state index contributed by atoms with van der Waals surface area (Å²) in [4.78, 5) is 12.4. The molecule has 152 valence electrons. The number of sulfonamides is 1. The second-order valence-electron chi connectivity index (χ2n) is 6.25. The quantitative estimate of drug-likeness (QED) is 0.576. The van der Waals surface area contributed by atoms with Crippen LogP contribution in [-0.4, -0.2) is 43.0 Å². The molecule has 3 aromatic rings. The van der Waals surface area contributed by atoms with Crippen LogP contribution in [0.1, 0.15) is 21.5 Å². The normalized spacial score (nSPS) is 11.4. The van der Waals surface area contributed by atoms with Gasteiger partial charge < -0.3 is 4.74 Å². The number of nitrogens with one attached hydrogen (secondary N) is 1. The summed E-state index contributed by atoms with van der Waals surface area (Å²) in [6, 6.07) is 14.2. The van der Waals surface area contributed by atoms with Gasteiger partial charge in [-0.25, -0.2) is 8.42 Å². The predicted octanol–water partition coefficient (Wildman–Crippen LogP) is 2.93. The number of ether oxygens (including phenoxy) is 1. The highest BCUT2D eigenvalue weighted by Crippen LogP contribution is 2.24. The SMILES string of the molecule is COc1ccc(CN(C)S(=O)(=O)c2nnc(NC(=O)c3ccccc3C)s2)cc1. The minimum Gasteiger partial charge on any atom is -0.497 e. The zero-order valence-electron chi connectivity index (χ0n) is 16.1. The number of amides is 1. The fraction of sp³-hybridized carbons (Fsp3) is 0.211. The molecule has 3 rings (SSSR count). The number of carbonyl (C=O) groups is 1. The molecular weight excluding hydrogens is 412 g/mol. The number of aryl methyl sites for hydroxylation is 1. The highest BCUT2D eigenvalue weighted by molar-refractivity contribution is 7.91. The van der Waals surface area contributed by atoms with Crippen LogP contribution >= 0.6 is 11.3 Å². The summed E-state index contributed by atoms with van der Waals surface area (Å²) in [6.45, 7) is 1.98. The Morgan fingerprint density at radius 1 is 1.14 bits per heavy atom. The maximum absolute atomic E-state index is 12.8. The maximum atomic E-state index is 12.8. The number of hydrogen-bond acceptors (Lipinski definition) is 7. The third kappa shape index (κ3) is 4.78. The van der Waals surface area contributed by atoms with Crippen LogP contribution in [-0.2, 0) is 16.6 Å². The molecule has 2 aromatic carbocycles. The fourth-order valence-electron chi connectivity index (χ4n) is 2.56. The first kappa shape index (κ1) is 20.9. The topological polar surface area (TPSA) is 101 Å². The van der Waals surface area contributed by atoms with Gasteiger partial charge in [-0.2, -0.15) is 4.31 Å². The monoisotopic (exact) mass is 432 g/mol. The molecule has 0 unspecified atom stereocenters. The second kappa shape index (κ2) is 8.68. The van der Waals surface area contributed by atoms with Crippen LogP contribution in [0.4, 0.5) is 5.13 Å². The molecule has 29 heavy (non-hydrogen) atoms. The van der Waals surface area contributed by atoms with Crippen molar-refractivity contribution in [1.29, 1.82) is 0 Å². The zero-order valence-corrected chi connectivity index (χ0v) is 17.8. The van der Waals surface area contributed by atoms with Crippen molar-refractivity contribution in [2.45, 2.75) is 17.8 Å². The van der Waals surface area contributed by atoms with Crippen molar-refractivity contribution in [1.82, 2.24) is 14.5 Å². The Bertz CT molecular complexity index is 1110. The van der Waals surface area contributed by atoms with E-state index in [9.17, 15) is 13.2 Å². The summed E-state index contributed by atoms with van der Waals surface area (Å²) in [5, 5.41) is 10.3. The number of aromatic nitrogens is 2. The van der Waals surface area contributed by atoms with Crippen molar-refractivity contribution >= 4 is 32.4 Å². The van der Waals surface area contributed by atoms with Gasteiger partial charge >= 0.3 is 0 Å². The van der Waals surface area contributed by atoms with E-state index in [0.717, 1.165) is 22.5 Å². The van der Waals surface area contributed by atoms with E-state index in [4.69, 9.17) is 4.74 Å². The standard InChI is InChI=1S/C19H20N4O4S2/c1-13-6-4-5-7-16(13)17(24)20-18-21-22-19(28-18)29(25,26)23(2)12-14-8-10-15(27-3)11-9-14/h4-11H,12H2,1-3H3,(H,20,21,24). The molecular formula is C19H20N4O4S2. The number of hydrogen-bond donors (Lipinski definition) is 1. The van der Waals surface area contributed by atoms with Gasteiger partial charge in [-0.05, 0) is 36.2 Å². The van der Waals surface area contributed by atoms with E-state index < -0.39 is 10.0 Å². The average Bonchev–Trinajstić information content (AvgIpc) is 3.18. The summed E-state index contributed by atoms with van der Waals surface area (Å²) < 4.78 is 31.7. The molecule has 1 aromatic heterocycles. The zero-order chi connectivity index (χ0) is 21.0. The molecule has 0 aliphatic rings. The Hall–Kier alpha value is -2.82. The molecule has 0 saturated heterocycles. The summed E-state index contributed by atoms with van der Waals surface area (Å²) >= 11 is 0.810. The molecule has 0 atom stereocenters. The van der Waals surface area contributed by atoms with Crippen LogP contribution in [0.5, 0.6) is 5.75 Å². The van der Waals surface area contributed by atoms with Crippen LogP contribution in [0, 0.1) is 6.92 Å². The Morgan fingerprint density at radius 3 is 2.48 bits per heavy atom. The van der Waals surface area contributed by atoms with Crippen molar-refractivity contribution in [3.8, 4) is 5.75 Å². The van der Waals surface area contributed by atoms with Gasteiger partial charge in [-0.1, -0.05) is 41.7 Å². The first-order chi connectivity index (χ1) is 13.8. The minimum absolute atomic E-state index is 0.120. The first-order valence-corrected chi connectivity index (χ1v) is 10.9. The first-order valence-electron chi connectivity index (χ1n) is 8.61. The van der Waals surface area contributed by atoms with Gasteiger partial charge in [-0.15, -0.1) is 10.2 Å². The van der Waals surface area contributed by atoms with Crippen LogP contribution in [0.3, 0.4) is 0 Å². The number of anilines is 1. The van der Waals surface area contributed by atoms with Gasteiger partial charge in [0.25, 0.3) is 15.9 Å². The number of carbonyl (C=O) groups excluding carboxylic acids is 1. The molecule has 0 spiro atoms. The summed E-state index contributed by atoms with van der Waals surface area (Å²) in [7, 11) is -0.814. The lowest BCUT2D eigenvalue weighted by Gasteiger charge is -2.15. The number of methoxy groups -OCH3 is 1. The van der Waals surface area contributed by atoms with Crippen LogP contribution in [0.15, 0.2) is 52.9 Å². The Morgan fingerprint density at radius 2 is 1.83 bits per heavy atom. The van der Waals surface area contributed by atoms with Gasteiger partial charge in [0.05, 0.1) is 7.11 Å². The molecule has 0 fully saturated rings. The second-order valence-corrected chi connectivity index (χ2v) is 9.45. The van der Waals surface area contributed by atoms with E-state index in [0.29, 0.717) is 11.3 Å². The molecule has 10 heteroatoms. The van der Waals surface area contributed by atoms with E-state index in [1.165, 1.54) is 11.4 Å². The Kier molecular flexibility index (Phi) is 6.26. The lowest BCUT2D eigenvalue weighted by Crippen LogP contribution is -2.26. The number of rotatable bonds is 7. The van der Waals surface area contributed by atoms with E-state index in [1.807, 2.05) is 19.1 Å². The van der Waals surface area contributed by atoms with Crippen molar-refractivity contribution in [3.63, 3.8) is 0 Å². The number of benzene rings is 2. The molecule has 0 aliphatic heterocycles. The third-order valence-corrected chi connectivity index (χ3v) is 7.20. The number of nitrogens with zero attached hydrogens (tertiary/aromatic N) is 3. The summed E-state index contributed by atoms with van der Waals surface area (Å²) in [6.07, 6.45) is 0. The van der Waals surface area contributed by atoms with Crippen molar-refractivity contribution in [2.75, 3.05) is 19.5 Å². The highest BCUT2D eigenvalue weighted by atomic mass is 32.2. The highest BCUT2D eigenvalue weighted by Gasteiger charge is 2.26. The third-order valence-electron chi connectivity index (χ3n) is 4.21. The van der Waals surface area contributed by atoms with E-state index in [2.05, 4.69) is 15.5 Å². The van der Waals surface area contributed by atoms with E-state index in [1.54, 1.807) is 43.5 Å². The van der Waals surface area contributed by atoms with Crippen LogP contribution in [0.25, 0.3) is 0 Å². The maximum Gasteiger partial charge on any atom is 0.272 e. The van der Waals surface area contributed by atoms with Gasteiger partial charge in [0.1, 0.15) is 5.75 Å². The Balaban J connectivity index is 1.72. The molecule has 0 bridgehead atoms. The van der Waals surface area contributed by atoms with E-state index in [-0.39, 0.29) is 21.9 Å². The molecule has 1 amide bonds. The van der Waals surface area contributed by atoms with Crippen LogP contribution < -0.4 is 10.1 Å². The van der Waals surface area contributed by atoms with Crippen molar-refractivity contribution < 1.29 is 17.9 Å². The van der Waals surface area contributed by atoms with Gasteiger partial charge in [0.15, 0.2) is 0 Å². The van der Waals surface area contributed by atoms with Crippen molar-refractivity contribution in [2.24, 2.45) is 0 Å². The van der Waals surface area contributed by atoms with Crippen molar-refractivity contribution in [3.05, 3.63) is 65.2 Å². The van der Waals surface area contributed by atoms with Gasteiger partial charge in [0, 0.05) is 19.2 Å². The summed E-state index contributed by atoms with van der Waals surface area (Å²) in [5.74, 6) is 0.326. The molecule has 1 N–H and O–H groups in total. The molecule has 1 heterocycles. The minimum atomic E-state index is -3.84. The lowest BCUT2D eigenvalue weighted by atomic mass is 10.1. The lowest BCUT2D eigenvalue weighted by molar-refractivity contribution is 0.102. The smallest absolute Gasteiger partial charge is 0.272 e. The van der Waals surface area contributed by atoms with E-state index >= 15 is 0 Å². The predicted molar refractivity (Wildman–Crippen MR) is 111 cm³/mol. The molecule has 0 radical (unpaired) electrons. The van der Waals surface area contributed by atoms with Gasteiger partial charge in [0.2, 0.25) is 9.47 Å². The largest absolute Gasteiger partial charge is 0.497 e.